The van der Waals surface area contributed by atoms with Gasteiger partial charge in [0.05, 0.1) is 31.7 Å². The van der Waals surface area contributed by atoms with Gasteiger partial charge >= 0.3 is 11.8 Å². The lowest BCUT2D eigenvalue weighted by Gasteiger charge is -2.34. The second-order valence-electron chi connectivity index (χ2n) is 7.99. The molecule has 0 atom stereocenters. The van der Waals surface area contributed by atoms with Crippen LogP contribution in [0.3, 0.4) is 0 Å². The molecule has 0 saturated carbocycles. The average Bonchev–Trinajstić information content (AvgIpc) is 2.69. The van der Waals surface area contributed by atoms with Crippen molar-refractivity contribution in [2.75, 3.05) is 31.1 Å². The Kier molecular flexibility index (Phi) is 5.32. The van der Waals surface area contributed by atoms with Crippen LogP contribution in [0.4, 0.5) is 18.9 Å². The van der Waals surface area contributed by atoms with Gasteiger partial charge in [0, 0.05) is 22.7 Å². The van der Waals surface area contributed by atoms with Crippen molar-refractivity contribution in [2.45, 2.75) is 26.6 Å². The Hall–Kier alpha value is -2.80. The molecule has 1 aliphatic rings. The Labute approximate surface area is 172 Å². The molecule has 1 N–H and O–H groups in total. The van der Waals surface area contributed by atoms with E-state index >= 15 is 0 Å². The van der Waals surface area contributed by atoms with E-state index in [-0.39, 0.29) is 5.63 Å². The highest BCUT2D eigenvalue weighted by atomic mass is 19.4. The number of fused-ring (bicyclic) bond motifs is 1. The summed E-state index contributed by atoms with van der Waals surface area (Å²) in [5.74, 6) is 0. The molecule has 7 heteroatoms. The highest BCUT2D eigenvalue weighted by molar-refractivity contribution is 5.81. The molecule has 1 fully saturated rings. The molecule has 2 heterocycles. The van der Waals surface area contributed by atoms with Gasteiger partial charge in [0.25, 0.3) is 0 Å². The Bertz CT molecular complexity index is 1130. The van der Waals surface area contributed by atoms with Gasteiger partial charge in [0.2, 0.25) is 0 Å². The maximum absolute atomic E-state index is 13.0. The molecule has 0 aliphatic carbocycles. The zero-order chi connectivity index (χ0) is 21.5. The van der Waals surface area contributed by atoms with Crippen molar-refractivity contribution >= 4 is 16.7 Å². The molecule has 0 radical (unpaired) electrons. The number of benzene rings is 2. The summed E-state index contributed by atoms with van der Waals surface area (Å²) in [5.41, 5.74) is 3.38. The van der Waals surface area contributed by atoms with E-state index < -0.39 is 11.7 Å². The zero-order valence-corrected chi connectivity index (χ0v) is 17.0. The molecule has 0 spiro atoms. The van der Waals surface area contributed by atoms with Gasteiger partial charge in [-0.3, -0.25) is 0 Å². The van der Waals surface area contributed by atoms with E-state index in [1.165, 1.54) is 17.0 Å². The molecule has 1 saturated heterocycles. The van der Waals surface area contributed by atoms with Gasteiger partial charge in [0.1, 0.15) is 12.1 Å². The third kappa shape index (κ3) is 4.21. The van der Waals surface area contributed by atoms with E-state index in [0.717, 1.165) is 41.2 Å². The number of quaternary nitrogens is 1. The second-order valence-corrected chi connectivity index (χ2v) is 7.99. The predicted octanol–water partition coefficient (Wildman–Crippen LogP) is 3.33. The average molecular weight is 417 g/mol. The maximum Gasteiger partial charge on any atom is 0.416 e. The van der Waals surface area contributed by atoms with Crippen LogP contribution in [-0.2, 0) is 12.7 Å². The van der Waals surface area contributed by atoms with Crippen molar-refractivity contribution in [2.24, 2.45) is 0 Å². The fourth-order valence-electron chi connectivity index (χ4n) is 4.04. The summed E-state index contributed by atoms with van der Waals surface area (Å²) in [7, 11) is 0. The van der Waals surface area contributed by atoms with Crippen LogP contribution in [0.15, 0.2) is 51.7 Å². The second kappa shape index (κ2) is 7.80. The largest absolute Gasteiger partial charge is 0.423 e. The number of alkyl halides is 3. The quantitative estimate of drug-likeness (QED) is 0.665. The van der Waals surface area contributed by atoms with Crippen molar-refractivity contribution in [1.82, 2.24) is 0 Å². The monoisotopic (exact) mass is 417 g/mol. The maximum atomic E-state index is 13.0. The predicted molar refractivity (Wildman–Crippen MR) is 110 cm³/mol. The molecule has 0 amide bonds. The number of nitrogens with one attached hydrogen (secondary N) is 1. The number of rotatable bonds is 3. The lowest BCUT2D eigenvalue weighted by atomic mass is 10.0. The minimum atomic E-state index is -4.34. The van der Waals surface area contributed by atoms with Crippen LogP contribution in [0.1, 0.15) is 22.3 Å². The first-order chi connectivity index (χ1) is 14.2. The standard InChI is InChI=1S/C23H23F3N2O2/c1-15-10-20-17(12-22(29)30-21(20)11-16(15)2)14-27-6-8-28(9-7-27)19-5-3-4-18(13-19)23(24,25)26/h3-5,10-13H,6-9,14H2,1-2H3/p+1. The summed E-state index contributed by atoms with van der Waals surface area (Å²) in [5, 5.41) is 0.950. The lowest BCUT2D eigenvalue weighted by molar-refractivity contribution is -0.914. The van der Waals surface area contributed by atoms with Crippen LogP contribution in [0, 0.1) is 13.8 Å². The van der Waals surface area contributed by atoms with Gasteiger partial charge in [-0.25, -0.2) is 4.79 Å². The van der Waals surface area contributed by atoms with Crippen LogP contribution >= 0.6 is 0 Å². The topological polar surface area (TPSA) is 37.9 Å². The lowest BCUT2D eigenvalue weighted by Crippen LogP contribution is -3.13. The Morgan fingerprint density at radius 1 is 1.03 bits per heavy atom. The van der Waals surface area contributed by atoms with Crippen LogP contribution in [0.2, 0.25) is 0 Å². The molecule has 30 heavy (non-hydrogen) atoms. The van der Waals surface area contributed by atoms with Crippen molar-refractivity contribution in [3.63, 3.8) is 0 Å². The normalized spacial score (nSPS) is 15.7. The van der Waals surface area contributed by atoms with E-state index in [9.17, 15) is 18.0 Å². The molecule has 0 unspecified atom stereocenters. The molecular weight excluding hydrogens is 393 g/mol. The van der Waals surface area contributed by atoms with Crippen molar-refractivity contribution in [3.8, 4) is 0 Å². The third-order valence-electron chi connectivity index (χ3n) is 5.89. The number of anilines is 1. The molecule has 4 rings (SSSR count). The highest BCUT2D eigenvalue weighted by Gasteiger charge is 2.31. The van der Waals surface area contributed by atoms with Gasteiger partial charge in [-0.1, -0.05) is 6.07 Å². The van der Waals surface area contributed by atoms with Gasteiger partial charge in [0.15, 0.2) is 0 Å². The summed E-state index contributed by atoms with van der Waals surface area (Å²) in [6, 6.07) is 11.0. The number of nitrogens with zero attached hydrogens (tertiary/aromatic N) is 1. The molecule has 1 aliphatic heterocycles. The number of piperazine rings is 1. The minimum Gasteiger partial charge on any atom is -0.423 e. The number of hydrogen-bond acceptors (Lipinski definition) is 3. The third-order valence-corrected chi connectivity index (χ3v) is 5.89. The molecule has 4 nitrogen and oxygen atoms in total. The molecule has 0 bridgehead atoms. The molecule has 1 aromatic heterocycles. The molecule has 3 aromatic rings. The van der Waals surface area contributed by atoms with E-state index in [2.05, 4.69) is 6.07 Å². The van der Waals surface area contributed by atoms with Crippen LogP contribution < -0.4 is 15.4 Å². The summed E-state index contributed by atoms with van der Waals surface area (Å²) in [6.07, 6.45) is -4.34. The molecule has 2 aromatic carbocycles. The van der Waals surface area contributed by atoms with Gasteiger partial charge < -0.3 is 14.2 Å². The first-order valence-electron chi connectivity index (χ1n) is 10.0. The van der Waals surface area contributed by atoms with Crippen LogP contribution in [0.25, 0.3) is 11.0 Å². The Morgan fingerprint density at radius 2 is 1.73 bits per heavy atom. The summed E-state index contributed by atoms with van der Waals surface area (Å²) >= 11 is 0. The van der Waals surface area contributed by atoms with Gasteiger partial charge in [-0.15, -0.1) is 0 Å². The van der Waals surface area contributed by atoms with E-state index in [0.29, 0.717) is 30.9 Å². The fourth-order valence-corrected chi connectivity index (χ4v) is 4.04. The Morgan fingerprint density at radius 3 is 2.43 bits per heavy atom. The highest BCUT2D eigenvalue weighted by Crippen LogP contribution is 2.31. The number of halogens is 3. The van der Waals surface area contributed by atoms with E-state index in [4.69, 9.17) is 4.42 Å². The smallest absolute Gasteiger partial charge is 0.416 e. The molecular formula is C23H24F3N2O2+. The van der Waals surface area contributed by atoms with Crippen LogP contribution in [0.5, 0.6) is 0 Å². The summed E-state index contributed by atoms with van der Waals surface area (Å²) < 4.78 is 44.4. The first-order valence-corrected chi connectivity index (χ1v) is 10.0. The SMILES string of the molecule is Cc1cc2oc(=O)cc(C[NH+]3CCN(c4cccc(C(F)(F)F)c4)CC3)c2cc1C. The first kappa shape index (κ1) is 20.5. The Balaban J connectivity index is 1.50. The summed E-state index contributed by atoms with van der Waals surface area (Å²) in [6.45, 7) is 7.58. The fraction of sp³-hybridized carbons (Fsp3) is 0.348. The molecule has 158 valence electrons. The number of aryl methyl sites for hydroxylation is 2. The van der Waals surface area contributed by atoms with Crippen LogP contribution in [-0.4, -0.2) is 26.2 Å². The minimum absolute atomic E-state index is 0.359. The van der Waals surface area contributed by atoms with E-state index in [1.54, 1.807) is 12.1 Å². The van der Waals surface area contributed by atoms with Gasteiger partial charge in [-0.05, 0) is 55.3 Å². The number of hydrogen-bond donors (Lipinski definition) is 1. The van der Waals surface area contributed by atoms with Gasteiger partial charge in [-0.2, -0.15) is 13.2 Å². The van der Waals surface area contributed by atoms with Crippen molar-refractivity contribution in [1.29, 1.82) is 0 Å². The summed E-state index contributed by atoms with van der Waals surface area (Å²) in [4.78, 5) is 15.3. The van der Waals surface area contributed by atoms with E-state index in [1.807, 2.05) is 24.8 Å². The van der Waals surface area contributed by atoms with Crippen molar-refractivity contribution in [3.05, 3.63) is 75.1 Å². The van der Waals surface area contributed by atoms with Crippen molar-refractivity contribution < 1.29 is 22.5 Å². The zero-order valence-electron chi connectivity index (χ0n) is 17.0.